The maximum absolute atomic E-state index is 5.65. The Morgan fingerprint density at radius 2 is 2.07 bits per heavy atom. The van der Waals surface area contributed by atoms with Crippen LogP contribution in [0, 0.1) is 6.92 Å². The summed E-state index contributed by atoms with van der Waals surface area (Å²) in [7, 11) is 1.61. The molecule has 0 aliphatic rings. The molecule has 1 rings (SSSR count). The molecular formula is C12H19NO2. The number of hydrogen-bond acceptors (Lipinski definition) is 3. The Balaban J connectivity index is 2.70. The standard InChI is InChI=1S/C12H19NO2/c1-9(2)15-12-6-5-11(7-10(12)3)8-13-14-4/h5-7,9,13H,8H2,1-4H3. The van der Waals surface area contributed by atoms with E-state index in [9.17, 15) is 0 Å². The third-order valence-corrected chi connectivity index (χ3v) is 2.02. The first-order chi connectivity index (χ1) is 7.13. The molecule has 0 amide bonds. The van der Waals surface area contributed by atoms with Crippen molar-refractivity contribution in [3.63, 3.8) is 0 Å². The summed E-state index contributed by atoms with van der Waals surface area (Å²) in [5.41, 5.74) is 5.15. The number of benzene rings is 1. The summed E-state index contributed by atoms with van der Waals surface area (Å²) in [6, 6.07) is 6.14. The molecular weight excluding hydrogens is 190 g/mol. The highest BCUT2D eigenvalue weighted by Gasteiger charge is 2.02. The molecule has 0 heterocycles. The van der Waals surface area contributed by atoms with Gasteiger partial charge in [-0.3, -0.25) is 0 Å². The van der Waals surface area contributed by atoms with Gasteiger partial charge in [-0.25, -0.2) is 0 Å². The maximum atomic E-state index is 5.65. The van der Waals surface area contributed by atoms with Crippen LogP contribution in [0.3, 0.4) is 0 Å². The molecule has 0 aromatic heterocycles. The van der Waals surface area contributed by atoms with Crippen molar-refractivity contribution in [1.29, 1.82) is 0 Å². The lowest BCUT2D eigenvalue weighted by Gasteiger charge is -2.13. The van der Waals surface area contributed by atoms with Crippen molar-refractivity contribution in [3.05, 3.63) is 29.3 Å². The number of aryl methyl sites for hydroxylation is 1. The van der Waals surface area contributed by atoms with Crippen LogP contribution in [-0.2, 0) is 11.4 Å². The molecule has 0 aliphatic heterocycles. The summed E-state index contributed by atoms with van der Waals surface area (Å²) in [6.07, 6.45) is 0.214. The Morgan fingerprint density at radius 1 is 1.33 bits per heavy atom. The van der Waals surface area contributed by atoms with Gasteiger partial charge < -0.3 is 9.57 Å². The molecule has 0 bridgehead atoms. The van der Waals surface area contributed by atoms with E-state index < -0.39 is 0 Å². The van der Waals surface area contributed by atoms with Gasteiger partial charge in [0.05, 0.1) is 13.2 Å². The van der Waals surface area contributed by atoms with Gasteiger partial charge in [0, 0.05) is 6.54 Å². The van der Waals surface area contributed by atoms with Crippen molar-refractivity contribution in [2.24, 2.45) is 0 Å². The van der Waals surface area contributed by atoms with Gasteiger partial charge in [-0.15, -0.1) is 0 Å². The second-order valence-electron chi connectivity index (χ2n) is 3.79. The minimum atomic E-state index is 0.214. The quantitative estimate of drug-likeness (QED) is 0.755. The zero-order valence-corrected chi connectivity index (χ0v) is 9.83. The predicted molar refractivity (Wildman–Crippen MR) is 60.8 cm³/mol. The van der Waals surface area contributed by atoms with Gasteiger partial charge in [-0.05, 0) is 38.0 Å². The van der Waals surface area contributed by atoms with Gasteiger partial charge in [0.25, 0.3) is 0 Å². The zero-order chi connectivity index (χ0) is 11.3. The molecule has 84 valence electrons. The zero-order valence-electron chi connectivity index (χ0n) is 9.83. The molecule has 0 unspecified atom stereocenters. The van der Waals surface area contributed by atoms with Gasteiger partial charge in [0.15, 0.2) is 0 Å². The molecule has 1 N–H and O–H groups in total. The summed E-state index contributed by atoms with van der Waals surface area (Å²) in [5, 5.41) is 0. The fraction of sp³-hybridized carbons (Fsp3) is 0.500. The molecule has 0 radical (unpaired) electrons. The van der Waals surface area contributed by atoms with Crippen molar-refractivity contribution in [1.82, 2.24) is 5.48 Å². The highest BCUT2D eigenvalue weighted by molar-refractivity contribution is 5.36. The first-order valence-electron chi connectivity index (χ1n) is 5.15. The summed E-state index contributed by atoms with van der Waals surface area (Å²) in [6.45, 7) is 6.81. The van der Waals surface area contributed by atoms with E-state index in [-0.39, 0.29) is 6.10 Å². The molecule has 15 heavy (non-hydrogen) atoms. The number of hydroxylamine groups is 1. The molecule has 0 saturated heterocycles. The summed E-state index contributed by atoms with van der Waals surface area (Å²) in [4.78, 5) is 4.80. The van der Waals surface area contributed by atoms with Gasteiger partial charge in [-0.1, -0.05) is 12.1 Å². The highest BCUT2D eigenvalue weighted by Crippen LogP contribution is 2.20. The van der Waals surface area contributed by atoms with Crippen LogP contribution in [-0.4, -0.2) is 13.2 Å². The normalized spacial score (nSPS) is 10.7. The van der Waals surface area contributed by atoms with Crippen molar-refractivity contribution in [2.45, 2.75) is 33.4 Å². The number of hydrogen-bond donors (Lipinski definition) is 1. The lowest BCUT2D eigenvalue weighted by molar-refractivity contribution is 0.0867. The smallest absolute Gasteiger partial charge is 0.122 e. The Kier molecular flexibility index (Phi) is 4.59. The van der Waals surface area contributed by atoms with E-state index in [4.69, 9.17) is 9.57 Å². The van der Waals surface area contributed by atoms with Gasteiger partial charge in [0.1, 0.15) is 5.75 Å². The number of ether oxygens (including phenoxy) is 1. The van der Waals surface area contributed by atoms with Crippen molar-refractivity contribution < 1.29 is 9.57 Å². The maximum Gasteiger partial charge on any atom is 0.122 e. The SMILES string of the molecule is CONCc1ccc(OC(C)C)c(C)c1. The topological polar surface area (TPSA) is 30.5 Å². The molecule has 3 heteroatoms. The Bertz CT molecular complexity index is 310. The van der Waals surface area contributed by atoms with Crippen LogP contribution in [0.5, 0.6) is 5.75 Å². The van der Waals surface area contributed by atoms with Crippen LogP contribution < -0.4 is 10.2 Å². The molecule has 1 aromatic carbocycles. The fourth-order valence-corrected chi connectivity index (χ4v) is 1.36. The third kappa shape index (κ3) is 3.90. The average Bonchev–Trinajstić information content (AvgIpc) is 2.18. The monoisotopic (exact) mass is 209 g/mol. The molecule has 0 fully saturated rings. The molecule has 0 saturated carbocycles. The second-order valence-corrected chi connectivity index (χ2v) is 3.79. The van der Waals surface area contributed by atoms with E-state index in [1.54, 1.807) is 7.11 Å². The molecule has 1 aromatic rings. The predicted octanol–water partition coefficient (Wildman–Crippen LogP) is 2.43. The summed E-state index contributed by atoms with van der Waals surface area (Å²) >= 11 is 0. The Hall–Kier alpha value is -1.06. The summed E-state index contributed by atoms with van der Waals surface area (Å²) in [5.74, 6) is 0.950. The lowest BCUT2D eigenvalue weighted by atomic mass is 10.1. The lowest BCUT2D eigenvalue weighted by Crippen LogP contribution is -2.11. The van der Waals surface area contributed by atoms with Crippen LogP contribution in [0.1, 0.15) is 25.0 Å². The molecule has 3 nitrogen and oxygen atoms in total. The van der Waals surface area contributed by atoms with Gasteiger partial charge >= 0.3 is 0 Å². The average molecular weight is 209 g/mol. The van der Waals surface area contributed by atoms with Crippen LogP contribution in [0.2, 0.25) is 0 Å². The van der Waals surface area contributed by atoms with E-state index in [2.05, 4.69) is 11.5 Å². The highest BCUT2D eigenvalue weighted by atomic mass is 16.6. The number of rotatable bonds is 5. The first kappa shape index (κ1) is 12.0. The van der Waals surface area contributed by atoms with Crippen LogP contribution in [0.15, 0.2) is 18.2 Å². The van der Waals surface area contributed by atoms with Gasteiger partial charge in [0.2, 0.25) is 0 Å². The molecule has 0 spiro atoms. The fourth-order valence-electron chi connectivity index (χ4n) is 1.36. The largest absolute Gasteiger partial charge is 0.491 e. The van der Waals surface area contributed by atoms with Crippen molar-refractivity contribution in [2.75, 3.05) is 7.11 Å². The van der Waals surface area contributed by atoms with E-state index in [0.717, 1.165) is 11.3 Å². The van der Waals surface area contributed by atoms with Crippen LogP contribution >= 0.6 is 0 Å². The molecule has 0 aliphatic carbocycles. The Morgan fingerprint density at radius 3 is 2.60 bits per heavy atom. The second kappa shape index (κ2) is 5.73. The van der Waals surface area contributed by atoms with Gasteiger partial charge in [-0.2, -0.15) is 5.48 Å². The number of nitrogens with one attached hydrogen (secondary N) is 1. The van der Waals surface area contributed by atoms with Crippen LogP contribution in [0.25, 0.3) is 0 Å². The molecule has 0 atom stereocenters. The van der Waals surface area contributed by atoms with E-state index in [1.165, 1.54) is 5.56 Å². The summed E-state index contributed by atoms with van der Waals surface area (Å²) < 4.78 is 5.65. The minimum Gasteiger partial charge on any atom is -0.491 e. The minimum absolute atomic E-state index is 0.214. The van der Waals surface area contributed by atoms with Crippen molar-refractivity contribution in [3.8, 4) is 5.75 Å². The Labute approximate surface area is 91.4 Å². The van der Waals surface area contributed by atoms with E-state index >= 15 is 0 Å². The van der Waals surface area contributed by atoms with E-state index in [1.807, 2.05) is 32.9 Å². The van der Waals surface area contributed by atoms with Crippen LogP contribution in [0.4, 0.5) is 0 Å². The van der Waals surface area contributed by atoms with E-state index in [0.29, 0.717) is 6.54 Å². The first-order valence-corrected chi connectivity index (χ1v) is 5.15. The van der Waals surface area contributed by atoms with Crippen molar-refractivity contribution >= 4 is 0 Å². The third-order valence-electron chi connectivity index (χ3n) is 2.02.